The van der Waals surface area contributed by atoms with Gasteiger partial charge in [-0.25, -0.2) is 0 Å². The van der Waals surface area contributed by atoms with E-state index < -0.39 is 61.0 Å². The van der Waals surface area contributed by atoms with E-state index in [4.69, 9.17) is 32.4 Å². The summed E-state index contributed by atoms with van der Waals surface area (Å²) in [5.74, 6) is 0. The third-order valence-electron chi connectivity index (χ3n) is 4.36. The number of hydrogen-bond acceptors (Lipinski definition) is 10. The minimum atomic E-state index is -1.31. The number of rotatable bonds is 3. The van der Waals surface area contributed by atoms with Gasteiger partial charge in [0.1, 0.15) is 30.5 Å². The quantitative estimate of drug-likeness (QED) is 0.248. The Morgan fingerprint density at radius 2 is 1.55 bits per heavy atom. The van der Waals surface area contributed by atoms with E-state index in [9.17, 15) is 20.4 Å². The van der Waals surface area contributed by atoms with Crippen molar-refractivity contribution in [1.29, 1.82) is 0 Å². The van der Waals surface area contributed by atoms with Gasteiger partial charge in [-0.3, -0.25) is 0 Å². The van der Waals surface area contributed by atoms with E-state index >= 15 is 0 Å². The lowest BCUT2D eigenvalue weighted by Crippen LogP contribution is -2.67. The smallest absolute Gasteiger partial charge is 0.176 e. The molecule has 2 rings (SSSR count). The largest absolute Gasteiger partial charge is 0.389 e. The van der Waals surface area contributed by atoms with Crippen LogP contribution in [0.15, 0.2) is 0 Å². The molecule has 10 atom stereocenters. The van der Waals surface area contributed by atoms with Crippen LogP contribution >= 0.6 is 0 Å². The van der Waals surface area contributed by atoms with Crippen molar-refractivity contribution in [3.63, 3.8) is 0 Å². The second-order valence-corrected chi connectivity index (χ2v) is 5.98. The van der Waals surface area contributed by atoms with Crippen LogP contribution in [0.1, 0.15) is 6.42 Å². The molecule has 0 aromatic rings. The fraction of sp³-hybridized carbons (Fsp3) is 1.00. The van der Waals surface area contributed by atoms with Crippen molar-refractivity contribution in [2.45, 2.75) is 67.5 Å². The number of aliphatic hydroxyl groups excluding tert-OH is 4. The summed E-state index contributed by atoms with van der Waals surface area (Å²) in [5.41, 5.74) is 22.8. The Bertz CT molecular complexity index is 376. The summed E-state index contributed by atoms with van der Waals surface area (Å²) < 4.78 is 11.0. The van der Waals surface area contributed by atoms with Crippen LogP contribution < -0.4 is 22.9 Å². The highest BCUT2D eigenvalue weighted by molar-refractivity contribution is 4.99. The SMILES string of the molecule is NC[C@H]1O[C@H](O[C@@H]2[C@@H](O)[C@H](O)[C@H](N)C[C@H]2N)[C@H](N)[C@@H](O)[C@@H]1O. The normalized spacial score (nSPS) is 53.5. The van der Waals surface area contributed by atoms with Crippen LogP contribution in [0.25, 0.3) is 0 Å². The van der Waals surface area contributed by atoms with Gasteiger partial charge < -0.3 is 52.8 Å². The Labute approximate surface area is 128 Å². The lowest BCUT2D eigenvalue weighted by molar-refractivity contribution is -0.287. The second-order valence-electron chi connectivity index (χ2n) is 5.98. The summed E-state index contributed by atoms with van der Waals surface area (Å²) in [6.45, 7) is -0.0441. The molecule has 0 spiro atoms. The maximum absolute atomic E-state index is 10.1. The minimum absolute atomic E-state index is 0.0441. The summed E-state index contributed by atoms with van der Waals surface area (Å²) in [7, 11) is 0. The van der Waals surface area contributed by atoms with Crippen LogP contribution in [-0.2, 0) is 9.47 Å². The summed E-state index contributed by atoms with van der Waals surface area (Å²) >= 11 is 0. The van der Waals surface area contributed by atoms with Gasteiger partial charge in [0.2, 0.25) is 0 Å². The van der Waals surface area contributed by atoms with E-state index in [1.54, 1.807) is 0 Å². The molecular formula is C12H26N4O6. The molecule has 2 fully saturated rings. The molecule has 1 heterocycles. The van der Waals surface area contributed by atoms with Gasteiger partial charge >= 0.3 is 0 Å². The summed E-state index contributed by atoms with van der Waals surface area (Å²) in [5, 5.41) is 39.6. The molecule has 0 aromatic carbocycles. The topological polar surface area (TPSA) is 203 Å². The zero-order valence-electron chi connectivity index (χ0n) is 12.1. The van der Waals surface area contributed by atoms with Crippen LogP contribution in [-0.4, -0.2) is 88.0 Å². The molecule has 10 nitrogen and oxygen atoms in total. The molecule has 22 heavy (non-hydrogen) atoms. The Balaban J connectivity index is 2.08. The van der Waals surface area contributed by atoms with Crippen molar-refractivity contribution in [3.05, 3.63) is 0 Å². The van der Waals surface area contributed by atoms with Gasteiger partial charge in [-0.15, -0.1) is 0 Å². The third kappa shape index (κ3) is 3.26. The van der Waals surface area contributed by atoms with E-state index in [1.807, 2.05) is 0 Å². The van der Waals surface area contributed by atoms with E-state index in [1.165, 1.54) is 0 Å². The maximum Gasteiger partial charge on any atom is 0.176 e. The Kier molecular flexibility index (Phi) is 5.72. The highest BCUT2D eigenvalue weighted by atomic mass is 16.7. The van der Waals surface area contributed by atoms with Crippen molar-refractivity contribution >= 4 is 0 Å². The molecule has 1 saturated heterocycles. The molecule has 1 aliphatic heterocycles. The molecule has 130 valence electrons. The van der Waals surface area contributed by atoms with E-state index in [0.717, 1.165) is 0 Å². The average Bonchev–Trinajstić information content (AvgIpc) is 2.49. The highest BCUT2D eigenvalue weighted by Crippen LogP contribution is 2.26. The second kappa shape index (κ2) is 7.01. The van der Waals surface area contributed by atoms with Gasteiger partial charge in [0.05, 0.1) is 12.1 Å². The van der Waals surface area contributed by atoms with Crippen LogP contribution in [0, 0.1) is 0 Å². The molecule has 1 saturated carbocycles. The summed E-state index contributed by atoms with van der Waals surface area (Å²) in [4.78, 5) is 0. The first-order chi connectivity index (χ1) is 10.3. The highest BCUT2D eigenvalue weighted by Gasteiger charge is 2.47. The predicted molar refractivity (Wildman–Crippen MR) is 75.2 cm³/mol. The van der Waals surface area contributed by atoms with Gasteiger partial charge in [0.15, 0.2) is 6.29 Å². The molecule has 0 radical (unpaired) electrons. The zero-order chi connectivity index (χ0) is 16.6. The van der Waals surface area contributed by atoms with Crippen molar-refractivity contribution in [3.8, 4) is 0 Å². The van der Waals surface area contributed by atoms with Gasteiger partial charge in [-0.2, -0.15) is 0 Å². The molecule has 2 aliphatic rings. The maximum atomic E-state index is 10.1. The number of ether oxygens (including phenoxy) is 2. The molecule has 1 aliphatic carbocycles. The summed E-state index contributed by atoms with van der Waals surface area (Å²) in [6.07, 6.45) is -7.73. The van der Waals surface area contributed by atoms with Crippen molar-refractivity contribution in [1.82, 2.24) is 0 Å². The van der Waals surface area contributed by atoms with Crippen LogP contribution in [0.4, 0.5) is 0 Å². The predicted octanol–water partition coefficient (Wildman–Crippen LogP) is -5.12. The molecule has 0 unspecified atom stereocenters. The van der Waals surface area contributed by atoms with Crippen molar-refractivity contribution in [2.24, 2.45) is 22.9 Å². The van der Waals surface area contributed by atoms with Gasteiger partial charge in [-0.1, -0.05) is 0 Å². The van der Waals surface area contributed by atoms with E-state index in [0.29, 0.717) is 0 Å². The van der Waals surface area contributed by atoms with Gasteiger partial charge in [0.25, 0.3) is 0 Å². The zero-order valence-corrected chi connectivity index (χ0v) is 12.1. The van der Waals surface area contributed by atoms with Crippen LogP contribution in [0.2, 0.25) is 0 Å². The Morgan fingerprint density at radius 1 is 0.909 bits per heavy atom. The lowest BCUT2D eigenvalue weighted by atomic mass is 9.84. The fourth-order valence-electron chi connectivity index (χ4n) is 2.89. The van der Waals surface area contributed by atoms with Crippen LogP contribution in [0.5, 0.6) is 0 Å². The average molecular weight is 322 g/mol. The molecule has 0 bridgehead atoms. The van der Waals surface area contributed by atoms with Crippen LogP contribution in [0.3, 0.4) is 0 Å². The van der Waals surface area contributed by atoms with Gasteiger partial charge in [0, 0.05) is 18.6 Å². The van der Waals surface area contributed by atoms with E-state index in [-0.39, 0.29) is 13.0 Å². The van der Waals surface area contributed by atoms with Crippen molar-refractivity contribution < 1.29 is 29.9 Å². The summed E-state index contributed by atoms with van der Waals surface area (Å²) in [6, 6.07) is -2.34. The first-order valence-corrected chi connectivity index (χ1v) is 7.28. The number of nitrogens with two attached hydrogens (primary N) is 4. The number of hydrogen-bond donors (Lipinski definition) is 8. The minimum Gasteiger partial charge on any atom is -0.389 e. The fourth-order valence-corrected chi connectivity index (χ4v) is 2.89. The van der Waals surface area contributed by atoms with E-state index in [2.05, 4.69) is 0 Å². The molecule has 0 aromatic heterocycles. The number of aliphatic hydroxyl groups is 4. The first kappa shape index (κ1) is 17.9. The lowest BCUT2D eigenvalue weighted by Gasteiger charge is -2.45. The third-order valence-corrected chi connectivity index (χ3v) is 4.36. The Morgan fingerprint density at radius 3 is 2.14 bits per heavy atom. The molecule has 0 amide bonds. The molecular weight excluding hydrogens is 296 g/mol. The standard InChI is InChI=1S/C12H26N4O6/c13-2-5-8(18)9(19)6(16)12(21-5)22-11-4(15)1-3(14)7(17)10(11)20/h3-12,17-20H,1-2,13-16H2/t3-,4-,5-,6-,7-,8-,9-,10+,11+,12-/m1/s1. The Hall–Kier alpha value is -0.400. The molecule has 12 N–H and O–H groups in total. The van der Waals surface area contributed by atoms with Crippen molar-refractivity contribution in [2.75, 3.05) is 6.54 Å². The first-order valence-electron chi connectivity index (χ1n) is 7.28. The molecule has 10 heteroatoms. The van der Waals surface area contributed by atoms with Gasteiger partial charge in [-0.05, 0) is 6.42 Å². The monoisotopic (exact) mass is 322 g/mol.